The molecule has 1 aromatic heterocycles. The van der Waals surface area contributed by atoms with Gasteiger partial charge in [-0.1, -0.05) is 11.6 Å². The van der Waals surface area contributed by atoms with Gasteiger partial charge in [0.15, 0.2) is 0 Å². The van der Waals surface area contributed by atoms with Crippen molar-refractivity contribution < 1.29 is 9.47 Å². The second kappa shape index (κ2) is 9.00. The van der Waals surface area contributed by atoms with E-state index in [0.717, 1.165) is 11.3 Å². The van der Waals surface area contributed by atoms with Crippen molar-refractivity contribution in [3.63, 3.8) is 0 Å². The van der Waals surface area contributed by atoms with Crippen molar-refractivity contribution in [1.29, 1.82) is 0 Å². The van der Waals surface area contributed by atoms with E-state index in [1.54, 1.807) is 37.6 Å². The van der Waals surface area contributed by atoms with Crippen LogP contribution in [0.5, 0.6) is 11.5 Å². The van der Waals surface area contributed by atoms with Crippen LogP contribution in [0.15, 0.2) is 64.6 Å². The van der Waals surface area contributed by atoms with Gasteiger partial charge < -0.3 is 9.47 Å². The lowest BCUT2D eigenvalue weighted by molar-refractivity contribution is 0.131. The van der Waals surface area contributed by atoms with Crippen molar-refractivity contribution in [3.05, 3.63) is 75.7 Å². The lowest BCUT2D eigenvalue weighted by Crippen LogP contribution is -2.22. The van der Waals surface area contributed by atoms with E-state index in [2.05, 4.69) is 15.6 Å². The zero-order valence-electron chi connectivity index (χ0n) is 17.2. The monoisotopic (exact) mass is 426 g/mol. The van der Waals surface area contributed by atoms with Crippen LogP contribution in [0.2, 0.25) is 5.02 Å². The third-order valence-electron chi connectivity index (χ3n) is 3.94. The van der Waals surface area contributed by atoms with Gasteiger partial charge in [-0.3, -0.25) is 10.2 Å². The summed E-state index contributed by atoms with van der Waals surface area (Å²) in [6.07, 6.45) is 3.07. The highest BCUT2D eigenvalue weighted by Crippen LogP contribution is 2.19. The van der Waals surface area contributed by atoms with Gasteiger partial charge in [0.05, 0.1) is 25.2 Å². The zero-order valence-corrected chi connectivity index (χ0v) is 18.0. The molecule has 0 saturated carbocycles. The molecule has 0 unspecified atom stereocenters. The number of aromatic nitrogens is 2. The number of benzene rings is 2. The molecule has 0 spiro atoms. The van der Waals surface area contributed by atoms with Crippen molar-refractivity contribution in [3.8, 4) is 17.2 Å². The number of nitrogens with one attached hydrogen (secondary N) is 1. The molecule has 2 aromatic carbocycles. The van der Waals surface area contributed by atoms with Gasteiger partial charge >= 0.3 is 0 Å². The quantitative estimate of drug-likeness (QED) is 0.463. The van der Waals surface area contributed by atoms with Crippen LogP contribution in [0.4, 0.5) is 5.69 Å². The first-order chi connectivity index (χ1) is 14.3. The van der Waals surface area contributed by atoms with Gasteiger partial charge in [0.25, 0.3) is 5.56 Å². The van der Waals surface area contributed by atoms with E-state index in [0.29, 0.717) is 17.1 Å². The summed E-state index contributed by atoms with van der Waals surface area (Å²) in [7, 11) is 1.57. The summed E-state index contributed by atoms with van der Waals surface area (Å²) < 4.78 is 12.1. The lowest BCUT2D eigenvalue weighted by atomic mass is 10.2. The molecule has 0 amide bonds. The van der Waals surface area contributed by atoms with Crippen LogP contribution in [-0.4, -0.2) is 28.7 Å². The summed E-state index contributed by atoms with van der Waals surface area (Å²) in [5.41, 5.74) is 3.81. The molecule has 3 rings (SSSR count). The smallest absolute Gasteiger partial charge is 0.292 e. The van der Waals surface area contributed by atoms with Crippen LogP contribution >= 0.6 is 11.6 Å². The second-order valence-corrected chi connectivity index (χ2v) is 7.82. The Labute approximate surface area is 179 Å². The number of ether oxygens (including phenoxy) is 2. The Kier molecular flexibility index (Phi) is 6.42. The van der Waals surface area contributed by atoms with E-state index in [4.69, 9.17) is 21.1 Å². The number of rotatable bonds is 6. The van der Waals surface area contributed by atoms with Crippen LogP contribution in [0.1, 0.15) is 26.3 Å². The molecule has 0 radical (unpaired) electrons. The number of methoxy groups -OCH3 is 1. The highest BCUT2D eigenvalue weighted by atomic mass is 35.5. The summed E-state index contributed by atoms with van der Waals surface area (Å²) in [4.78, 5) is 12.6. The predicted molar refractivity (Wildman–Crippen MR) is 119 cm³/mol. The summed E-state index contributed by atoms with van der Waals surface area (Å²) >= 11 is 6.22. The number of nitrogens with zero attached hydrogens (tertiary/aromatic N) is 3. The largest absolute Gasteiger partial charge is 0.497 e. The van der Waals surface area contributed by atoms with Gasteiger partial charge in [-0.15, -0.1) is 0 Å². The van der Waals surface area contributed by atoms with Gasteiger partial charge in [0, 0.05) is 0 Å². The van der Waals surface area contributed by atoms with Crippen molar-refractivity contribution in [2.24, 2.45) is 5.10 Å². The Balaban J connectivity index is 1.71. The Bertz CT molecular complexity index is 1090. The molecule has 3 aromatic rings. The van der Waals surface area contributed by atoms with Gasteiger partial charge in [-0.05, 0) is 74.9 Å². The molecular formula is C22H23ClN4O3. The van der Waals surface area contributed by atoms with Gasteiger partial charge in [-0.25, -0.2) is 0 Å². The highest BCUT2D eigenvalue weighted by molar-refractivity contribution is 6.32. The first-order valence-corrected chi connectivity index (χ1v) is 9.65. The summed E-state index contributed by atoms with van der Waals surface area (Å²) in [6.45, 7) is 5.98. The molecule has 0 fully saturated rings. The average molecular weight is 427 g/mol. The van der Waals surface area contributed by atoms with Crippen molar-refractivity contribution >= 4 is 23.5 Å². The topological polar surface area (TPSA) is 77.7 Å². The lowest BCUT2D eigenvalue weighted by Gasteiger charge is -2.21. The first-order valence-electron chi connectivity index (χ1n) is 9.27. The van der Waals surface area contributed by atoms with E-state index in [1.165, 1.54) is 10.9 Å². The fourth-order valence-corrected chi connectivity index (χ4v) is 2.74. The SMILES string of the molecule is COc1ccc(-n2ncc(N/N=C\c3ccc(OC(C)(C)C)cc3)c(Cl)c2=O)cc1. The number of hydrogen-bond donors (Lipinski definition) is 1. The van der Waals surface area contributed by atoms with Crippen LogP contribution in [-0.2, 0) is 0 Å². The fraction of sp³-hybridized carbons (Fsp3) is 0.227. The summed E-state index contributed by atoms with van der Waals surface area (Å²) in [6, 6.07) is 14.4. The standard InChI is InChI=1S/C22H23ClN4O3/c1-22(2,3)30-18-9-5-15(6-10-18)13-24-26-19-14-25-27(21(28)20(19)23)16-7-11-17(29-4)12-8-16/h5-14,26H,1-4H3/b24-13-. The molecule has 0 aliphatic rings. The Hall–Kier alpha value is -3.32. The normalized spacial score (nSPS) is 11.5. The van der Waals surface area contributed by atoms with E-state index >= 15 is 0 Å². The number of hydrogen-bond acceptors (Lipinski definition) is 6. The summed E-state index contributed by atoms with van der Waals surface area (Å²) in [5, 5.41) is 8.29. The summed E-state index contributed by atoms with van der Waals surface area (Å²) in [5.74, 6) is 1.46. The van der Waals surface area contributed by atoms with Crippen LogP contribution in [0.3, 0.4) is 0 Å². The molecule has 7 nitrogen and oxygen atoms in total. The molecular weight excluding hydrogens is 404 g/mol. The molecule has 0 aliphatic carbocycles. The van der Waals surface area contributed by atoms with Crippen LogP contribution in [0.25, 0.3) is 5.69 Å². The number of hydrazone groups is 1. The molecule has 156 valence electrons. The molecule has 1 N–H and O–H groups in total. The molecule has 0 aliphatic heterocycles. The van der Waals surface area contributed by atoms with Gasteiger partial charge in [-0.2, -0.15) is 14.9 Å². The van der Waals surface area contributed by atoms with E-state index < -0.39 is 5.56 Å². The Morgan fingerprint density at radius 3 is 2.30 bits per heavy atom. The van der Waals surface area contributed by atoms with Crippen molar-refractivity contribution in [2.75, 3.05) is 12.5 Å². The van der Waals surface area contributed by atoms with Crippen molar-refractivity contribution in [2.45, 2.75) is 26.4 Å². The van der Waals surface area contributed by atoms with Crippen LogP contribution in [0, 0.1) is 0 Å². The van der Waals surface area contributed by atoms with E-state index in [-0.39, 0.29) is 10.6 Å². The molecule has 1 heterocycles. The number of halogens is 1. The molecule has 30 heavy (non-hydrogen) atoms. The van der Waals surface area contributed by atoms with Crippen molar-refractivity contribution in [1.82, 2.24) is 9.78 Å². The molecule has 0 saturated heterocycles. The van der Waals surface area contributed by atoms with Gasteiger partial charge in [0.2, 0.25) is 0 Å². The van der Waals surface area contributed by atoms with Crippen LogP contribution < -0.4 is 20.5 Å². The zero-order chi connectivity index (χ0) is 21.7. The second-order valence-electron chi connectivity index (χ2n) is 7.44. The number of anilines is 1. The molecule has 0 atom stereocenters. The van der Waals surface area contributed by atoms with Gasteiger partial charge in [0.1, 0.15) is 27.8 Å². The molecule has 0 bridgehead atoms. The third-order valence-corrected chi connectivity index (χ3v) is 4.30. The maximum absolute atomic E-state index is 12.6. The Morgan fingerprint density at radius 2 is 1.70 bits per heavy atom. The minimum atomic E-state index is -0.453. The molecule has 8 heteroatoms. The third kappa shape index (κ3) is 5.39. The highest BCUT2D eigenvalue weighted by Gasteiger charge is 2.12. The predicted octanol–water partition coefficient (Wildman–Crippen LogP) is 4.52. The maximum atomic E-state index is 12.6. The minimum absolute atomic E-state index is 0.00751. The minimum Gasteiger partial charge on any atom is -0.497 e. The Morgan fingerprint density at radius 1 is 1.07 bits per heavy atom. The van der Waals surface area contributed by atoms with E-state index in [9.17, 15) is 4.79 Å². The average Bonchev–Trinajstić information content (AvgIpc) is 2.71. The maximum Gasteiger partial charge on any atom is 0.292 e. The fourth-order valence-electron chi connectivity index (χ4n) is 2.57. The first kappa shape index (κ1) is 21.4. The van der Waals surface area contributed by atoms with E-state index in [1.807, 2.05) is 45.0 Å².